The van der Waals surface area contributed by atoms with Gasteiger partial charge in [0.1, 0.15) is 18.1 Å². The topological polar surface area (TPSA) is 151 Å². The molecule has 11 nitrogen and oxygen atoms in total. The number of carbonyl (C=O) groups is 2. The number of ether oxygens (including phenoxy) is 1. The predicted octanol–water partition coefficient (Wildman–Crippen LogP) is 2.71. The Morgan fingerprint density at radius 3 is 2.57 bits per heavy atom. The van der Waals surface area contributed by atoms with Gasteiger partial charge in [-0.05, 0) is 25.8 Å². The number of hydrogen-bond acceptors (Lipinski definition) is 9. The molecule has 1 aliphatic carbocycles. The highest BCUT2D eigenvalue weighted by Crippen LogP contribution is 2.38. The van der Waals surface area contributed by atoms with Gasteiger partial charge in [0.15, 0.2) is 23.1 Å². The van der Waals surface area contributed by atoms with Gasteiger partial charge in [0, 0.05) is 47.1 Å². The van der Waals surface area contributed by atoms with E-state index in [1.807, 2.05) is 5.32 Å². The van der Waals surface area contributed by atoms with Gasteiger partial charge in [0.05, 0.1) is 24.0 Å². The molecule has 3 aromatic rings. The van der Waals surface area contributed by atoms with Crippen LogP contribution < -0.4 is 20.7 Å². The minimum Gasteiger partial charge on any atom is -0.494 e. The lowest BCUT2D eigenvalue weighted by molar-refractivity contribution is -0.117. The molecule has 1 aliphatic rings. The van der Waals surface area contributed by atoms with Crippen LogP contribution in [-0.2, 0) is 10.4 Å². The zero-order valence-electron chi connectivity index (χ0n) is 22.8. The van der Waals surface area contributed by atoms with Crippen molar-refractivity contribution in [3.05, 3.63) is 47.7 Å². The van der Waals surface area contributed by atoms with Crippen molar-refractivity contribution in [1.29, 1.82) is 0 Å². The van der Waals surface area contributed by atoms with Gasteiger partial charge >= 0.3 is 0 Å². The molecule has 2 amide bonds. The Morgan fingerprint density at radius 2 is 1.95 bits per heavy atom. The molecule has 0 radical (unpaired) electrons. The summed E-state index contributed by atoms with van der Waals surface area (Å²) in [5, 5.41) is 24.9. The average Bonchev–Trinajstić information content (AvgIpc) is 3.73. The van der Waals surface area contributed by atoms with Gasteiger partial charge in [-0.15, -0.1) is 10.2 Å². The Kier molecular flexibility index (Phi) is 6.17. The van der Waals surface area contributed by atoms with Crippen molar-refractivity contribution in [2.24, 2.45) is 5.92 Å². The highest BCUT2D eigenvalue weighted by atomic mass is 19.1. The van der Waals surface area contributed by atoms with E-state index in [9.17, 15) is 23.5 Å². The number of alkyl halides is 1. The first-order chi connectivity index (χ1) is 18.8. The summed E-state index contributed by atoms with van der Waals surface area (Å²) in [5.74, 6) is -2.36. The summed E-state index contributed by atoms with van der Waals surface area (Å²) in [7, 11) is 1.29. The first-order valence-electron chi connectivity index (χ1n) is 12.6. The number of nitrogens with zero attached hydrogens (tertiary/aromatic N) is 4. The number of aliphatic hydroxyl groups is 1. The van der Waals surface area contributed by atoms with Gasteiger partial charge in [-0.25, -0.2) is 18.7 Å². The zero-order chi connectivity index (χ0) is 29.2. The molecule has 1 aromatic carbocycles. The maximum absolute atomic E-state index is 14.8. The molecule has 0 saturated heterocycles. The van der Waals surface area contributed by atoms with E-state index in [0.29, 0.717) is 0 Å². The van der Waals surface area contributed by atoms with E-state index in [1.165, 1.54) is 32.5 Å². The molecule has 1 saturated carbocycles. The molecule has 1 unspecified atom stereocenters. The van der Waals surface area contributed by atoms with E-state index >= 15 is 0 Å². The molecule has 4 N–H and O–H groups in total. The number of benzene rings is 1. The number of anilines is 3. The van der Waals surface area contributed by atoms with Crippen molar-refractivity contribution in [2.45, 2.75) is 25.4 Å². The lowest BCUT2D eigenvalue weighted by atomic mass is 10.0. The summed E-state index contributed by atoms with van der Waals surface area (Å²) in [6, 6.07) is 3.37. The molecular formula is C24H25F2N7O4. The summed E-state index contributed by atoms with van der Waals surface area (Å²) in [4.78, 5) is 33.1. The normalized spacial score (nSPS) is 16.0. The van der Waals surface area contributed by atoms with Crippen molar-refractivity contribution in [3.8, 4) is 17.1 Å². The summed E-state index contributed by atoms with van der Waals surface area (Å²) in [6.45, 7) is -2.66. The number of halogens is 2. The fourth-order valence-electron chi connectivity index (χ4n) is 3.39. The van der Waals surface area contributed by atoms with Crippen molar-refractivity contribution in [2.75, 3.05) is 31.4 Å². The molecule has 0 aliphatic heterocycles. The molecule has 194 valence electrons. The molecule has 0 bridgehead atoms. The molecule has 37 heavy (non-hydrogen) atoms. The first kappa shape index (κ1) is 22.0. The Hall–Kier alpha value is -4.26. The van der Waals surface area contributed by atoms with Gasteiger partial charge in [-0.1, -0.05) is 0 Å². The number of nitrogens with one attached hydrogen (secondary N) is 3. The van der Waals surface area contributed by atoms with Crippen LogP contribution in [0.5, 0.6) is 5.75 Å². The summed E-state index contributed by atoms with van der Waals surface area (Å²) in [6.07, 6.45) is 3.83. The molecule has 0 spiro atoms. The monoisotopic (exact) mass is 516 g/mol. The van der Waals surface area contributed by atoms with E-state index in [0.717, 1.165) is 25.0 Å². The maximum Gasteiger partial charge on any atom is 0.273 e. The van der Waals surface area contributed by atoms with E-state index < -0.39 is 36.7 Å². The van der Waals surface area contributed by atoms with Crippen molar-refractivity contribution < 1.29 is 32.3 Å². The maximum atomic E-state index is 14.8. The molecule has 4 rings (SSSR count). The molecule has 1 atom stereocenters. The third kappa shape index (κ3) is 5.61. The van der Waals surface area contributed by atoms with Gasteiger partial charge in [0.25, 0.3) is 5.91 Å². The lowest BCUT2D eigenvalue weighted by Crippen LogP contribution is -2.24. The first-order valence-corrected chi connectivity index (χ1v) is 11.1. The van der Waals surface area contributed by atoms with Gasteiger partial charge in [-0.3, -0.25) is 9.59 Å². The second-order valence-electron chi connectivity index (χ2n) is 8.57. The standard InChI is InChI=1S/C24H25F2N7O4/c1-24(36,11-25)13-9-28-21(29-10-13)15-6-14(26)7-17(20(15)37-3)30-16-8-18(31-22(34)12-4-5-12)32-33-19(16)23(35)27-2/h6-10,12,36H,4-5,11H2,1-3H3,(H,27,35)(H2,30,31,32,34)/i2D3. The summed E-state index contributed by atoms with van der Waals surface area (Å²) < 4.78 is 55.4. The van der Waals surface area contributed by atoms with E-state index in [4.69, 9.17) is 8.85 Å². The Labute approximate surface area is 214 Å². The summed E-state index contributed by atoms with van der Waals surface area (Å²) >= 11 is 0. The zero-order valence-corrected chi connectivity index (χ0v) is 19.8. The van der Waals surface area contributed by atoms with E-state index in [1.54, 1.807) is 0 Å². The van der Waals surface area contributed by atoms with Crippen LogP contribution in [0.25, 0.3) is 11.4 Å². The quantitative estimate of drug-likeness (QED) is 0.336. The smallest absolute Gasteiger partial charge is 0.273 e. The lowest BCUT2D eigenvalue weighted by Gasteiger charge is -2.19. The Balaban J connectivity index is 1.75. The third-order valence-electron chi connectivity index (χ3n) is 5.62. The molecule has 2 heterocycles. The van der Waals surface area contributed by atoms with Gasteiger partial charge in [0.2, 0.25) is 5.91 Å². The van der Waals surface area contributed by atoms with Crippen molar-refractivity contribution in [3.63, 3.8) is 0 Å². The molecular weight excluding hydrogens is 488 g/mol. The number of rotatable bonds is 9. The molecule has 13 heteroatoms. The summed E-state index contributed by atoms with van der Waals surface area (Å²) in [5.41, 5.74) is -2.26. The van der Waals surface area contributed by atoms with Crippen LogP contribution in [0.15, 0.2) is 30.6 Å². The second kappa shape index (κ2) is 10.4. The number of amides is 2. The number of hydrogen-bond donors (Lipinski definition) is 4. The van der Waals surface area contributed by atoms with Crippen LogP contribution in [0.1, 0.15) is 39.9 Å². The fraction of sp³-hybridized carbons (Fsp3) is 0.333. The van der Waals surface area contributed by atoms with Crippen LogP contribution in [0, 0.1) is 11.7 Å². The minimum absolute atomic E-state index is 0.0222. The molecule has 2 aromatic heterocycles. The van der Waals surface area contributed by atoms with Crippen LogP contribution in [0.3, 0.4) is 0 Å². The SMILES string of the molecule is [2H]C([2H])([2H])NC(=O)c1nnc(NC(=O)C2CC2)cc1Nc1cc(F)cc(-c2ncc(C(C)(O)CF)cn2)c1OC. The average molecular weight is 517 g/mol. The van der Waals surface area contributed by atoms with Crippen LogP contribution >= 0.6 is 0 Å². The van der Waals surface area contributed by atoms with E-state index in [-0.39, 0.29) is 51.7 Å². The second-order valence-corrected chi connectivity index (χ2v) is 8.57. The van der Waals surface area contributed by atoms with Crippen LogP contribution in [0.4, 0.5) is 26.0 Å². The van der Waals surface area contributed by atoms with Crippen molar-refractivity contribution in [1.82, 2.24) is 25.5 Å². The molecule has 1 fully saturated rings. The highest BCUT2D eigenvalue weighted by Gasteiger charge is 2.30. The number of methoxy groups -OCH3 is 1. The van der Waals surface area contributed by atoms with Crippen LogP contribution in [-0.4, -0.2) is 57.8 Å². The minimum atomic E-state index is -2.84. The van der Waals surface area contributed by atoms with E-state index in [2.05, 4.69) is 30.8 Å². The largest absolute Gasteiger partial charge is 0.494 e. The number of aromatic nitrogens is 4. The Bertz CT molecular complexity index is 1440. The van der Waals surface area contributed by atoms with Crippen LogP contribution in [0.2, 0.25) is 0 Å². The van der Waals surface area contributed by atoms with Crippen molar-refractivity contribution >= 4 is 29.0 Å². The number of carbonyl (C=O) groups excluding carboxylic acids is 2. The highest BCUT2D eigenvalue weighted by molar-refractivity contribution is 6.00. The Morgan fingerprint density at radius 1 is 1.22 bits per heavy atom. The predicted molar refractivity (Wildman–Crippen MR) is 130 cm³/mol. The fourth-order valence-corrected chi connectivity index (χ4v) is 3.39. The van der Waals surface area contributed by atoms with Gasteiger partial charge in [-0.2, -0.15) is 0 Å². The third-order valence-corrected chi connectivity index (χ3v) is 5.62. The van der Waals surface area contributed by atoms with Gasteiger partial charge < -0.3 is 25.8 Å².